The first-order chi connectivity index (χ1) is 10.8. The van der Waals surface area contributed by atoms with Gasteiger partial charge in [-0.15, -0.1) is 24.8 Å². The molecule has 0 aromatic carbocycles. The van der Waals surface area contributed by atoms with Crippen LogP contribution in [0.5, 0.6) is 0 Å². The van der Waals surface area contributed by atoms with Crippen LogP contribution in [-0.2, 0) is 9.53 Å². The summed E-state index contributed by atoms with van der Waals surface area (Å²) in [5.74, 6) is 0.977. The lowest BCUT2D eigenvalue weighted by Crippen LogP contribution is -2.50. The molecule has 3 aliphatic rings. The molecule has 1 aliphatic carbocycles. The lowest BCUT2D eigenvalue weighted by molar-refractivity contribution is -0.123. The monoisotopic (exact) mass is 381 g/mol. The fourth-order valence-corrected chi connectivity index (χ4v) is 4.34. The van der Waals surface area contributed by atoms with Gasteiger partial charge in [0.1, 0.15) is 0 Å². The maximum absolute atomic E-state index is 12.5. The number of ether oxygens (including phenoxy) is 1. The first-order valence-electron chi connectivity index (χ1n) is 9.04. The van der Waals surface area contributed by atoms with E-state index in [2.05, 4.69) is 15.5 Å². The van der Waals surface area contributed by atoms with Gasteiger partial charge in [0, 0.05) is 38.8 Å². The van der Waals surface area contributed by atoms with Crippen LogP contribution in [0.3, 0.4) is 0 Å². The number of fused-ring (bicyclic) bond motifs is 1. The van der Waals surface area contributed by atoms with Crippen LogP contribution < -0.4 is 10.6 Å². The molecular formula is C17H33Cl2N3O2. The number of halogens is 2. The molecule has 2 N–H and O–H groups in total. The minimum absolute atomic E-state index is 0. The van der Waals surface area contributed by atoms with E-state index in [4.69, 9.17) is 4.74 Å². The average molecular weight is 382 g/mol. The summed E-state index contributed by atoms with van der Waals surface area (Å²) in [6, 6.07) is 1.01. The Morgan fingerprint density at radius 1 is 1.17 bits per heavy atom. The Balaban J connectivity index is 0.00000144. The highest BCUT2D eigenvalue weighted by Crippen LogP contribution is 2.33. The summed E-state index contributed by atoms with van der Waals surface area (Å²) in [6.07, 6.45) is 8.40. The molecule has 1 amide bonds. The van der Waals surface area contributed by atoms with Crippen LogP contribution >= 0.6 is 24.8 Å². The number of piperidine rings is 1. The van der Waals surface area contributed by atoms with Gasteiger partial charge in [0.2, 0.25) is 5.91 Å². The lowest BCUT2D eigenvalue weighted by Gasteiger charge is -2.32. The van der Waals surface area contributed by atoms with Crippen molar-refractivity contribution in [1.29, 1.82) is 0 Å². The van der Waals surface area contributed by atoms with Crippen LogP contribution in [0.15, 0.2) is 0 Å². The van der Waals surface area contributed by atoms with Crippen LogP contribution in [-0.4, -0.2) is 62.3 Å². The van der Waals surface area contributed by atoms with Gasteiger partial charge in [-0.2, -0.15) is 0 Å². The van der Waals surface area contributed by atoms with Crippen LogP contribution in [0.2, 0.25) is 0 Å². The van der Waals surface area contributed by atoms with Crippen molar-refractivity contribution in [2.75, 3.05) is 33.4 Å². The zero-order valence-electron chi connectivity index (χ0n) is 14.7. The van der Waals surface area contributed by atoms with Gasteiger partial charge in [0.25, 0.3) is 0 Å². The second kappa shape index (κ2) is 10.8. The Hall–Kier alpha value is -0.0700. The number of hydrogen-bond acceptors (Lipinski definition) is 4. The van der Waals surface area contributed by atoms with E-state index in [1.165, 1.54) is 25.7 Å². The zero-order valence-corrected chi connectivity index (χ0v) is 16.3. The van der Waals surface area contributed by atoms with Gasteiger partial charge in [-0.3, -0.25) is 4.79 Å². The molecule has 0 spiro atoms. The molecule has 3 unspecified atom stereocenters. The van der Waals surface area contributed by atoms with E-state index in [1.807, 2.05) is 0 Å². The first-order valence-corrected chi connectivity index (χ1v) is 9.04. The van der Waals surface area contributed by atoms with E-state index in [9.17, 15) is 4.79 Å². The molecule has 2 saturated heterocycles. The van der Waals surface area contributed by atoms with Gasteiger partial charge in [0.05, 0.1) is 12.6 Å². The summed E-state index contributed by atoms with van der Waals surface area (Å²) < 4.78 is 5.13. The lowest BCUT2D eigenvalue weighted by atomic mass is 9.85. The molecular weight excluding hydrogens is 349 g/mol. The standard InChI is InChI=1S/C17H31N3O2.2ClH/c1-22-11-10-20-8-6-14(7-9-20)18-17(21)16-12-13-4-2-3-5-15(13)19-16;;/h13-16,19H,2-12H2,1H3,(H,18,21);2*1H. The molecule has 0 aromatic rings. The molecule has 1 saturated carbocycles. The molecule has 142 valence electrons. The van der Waals surface area contributed by atoms with Gasteiger partial charge in [-0.1, -0.05) is 12.8 Å². The maximum atomic E-state index is 12.5. The maximum Gasteiger partial charge on any atom is 0.237 e. The normalized spacial score (nSPS) is 30.8. The van der Waals surface area contributed by atoms with Crippen LogP contribution in [0, 0.1) is 5.92 Å². The Labute approximate surface area is 158 Å². The third-order valence-corrected chi connectivity index (χ3v) is 5.72. The second-order valence-electron chi connectivity index (χ2n) is 7.22. The van der Waals surface area contributed by atoms with Crippen molar-refractivity contribution in [2.24, 2.45) is 5.92 Å². The number of carbonyl (C=O) groups excluding carboxylic acids is 1. The Kier molecular flexibility index (Phi) is 9.90. The van der Waals surface area contributed by atoms with E-state index < -0.39 is 0 Å². The highest BCUT2D eigenvalue weighted by molar-refractivity contribution is 5.85. The van der Waals surface area contributed by atoms with Crippen LogP contribution in [0.1, 0.15) is 44.9 Å². The molecule has 3 fully saturated rings. The van der Waals surface area contributed by atoms with Crippen molar-refractivity contribution >= 4 is 30.7 Å². The summed E-state index contributed by atoms with van der Waals surface area (Å²) in [5, 5.41) is 6.87. The minimum Gasteiger partial charge on any atom is -0.383 e. The van der Waals surface area contributed by atoms with Gasteiger partial charge in [0.15, 0.2) is 0 Å². The largest absolute Gasteiger partial charge is 0.383 e. The van der Waals surface area contributed by atoms with E-state index in [-0.39, 0.29) is 36.8 Å². The summed E-state index contributed by atoms with van der Waals surface area (Å²) in [6.45, 7) is 3.94. The van der Waals surface area contributed by atoms with Gasteiger partial charge in [-0.05, 0) is 38.0 Å². The number of likely N-dealkylation sites (tertiary alicyclic amines) is 1. The smallest absolute Gasteiger partial charge is 0.237 e. The summed E-state index contributed by atoms with van der Waals surface area (Å²) in [4.78, 5) is 14.9. The molecule has 2 aliphatic heterocycles. The molecule has 3 atom stereocenters. The van der Waals surface area contributed by atoms with E-state index in [0.717, 1.165) is 51.4 Å². The molecule has 24 heavy (non-hydrogen) atoms. The van der Waals surface area contributed by atoms with Crippen molar-refractivity contribution in [3.05, 3.63) is 0 Å². The molecule has 0 aromatic heterocycles. The highest BCUT2D eigenvalue weighted by Gasteiger charge is 2.38. The average Bonchev–Trinajstić information content (AvgIpc) is 2.98. The molecule has 5 nitrogen and oxygen atoms in total. The fourth-order valence-electron chi connectivity index (χ4n) is 4.34. The van der Waals surface area contributed by atoms with Crippen molar-refractivity contribution in [2.45, 2.75) is 63.1 Å². The zero-order chi connectivity index (χ0) is 15.4. The Bertz CT molecular complexity index is 365. The topological polar surface area (TPSA) is 53.6 Å². The number of methoxy groups -OCH3 is 1. The van der Waals surface area contributed by atoms with Gasteiger partial charge >= 0.3 is 0 Å². The highest BCUT2D eigenvalue weighted by atomic mass is 35.5. The summed E-state index contributed by atoms with van der Waals surface area (Å²) in [7, 11) is 1.75. The second-order valence-corrected chi connectivity index (χ2v) is 7.22. The van der Waals surface area contributed by atoms with Gasteiger partial charge < -0.3 is 20.3 Å². The predicted molar refractivity (Wildman–Crippen MR) is 101 cm³/mol. The van der Waals surface area contributed by atoms with E-state index >= 15 is 0 Å². The van der Waals surface area contributed by atoms with E-state index in [0.29, 0.717) is 12.1 Å². The Morgan fingerprint density at radius 2 is 1.88 bits per heavy atom. The predicted octanol–water partition coefficient (Wildman–Crippen LogP) is 1.98. The van der Waals surface area contributed by atoms with E-state index in [1.54, 1.807) is 7.11 Å². The summed E-state index contributed by atoms with van der Waals surface area (Å²) in [5.41, 5.74) is 0. The van der Waals surface area contributed by atoms with Gasteiger partial charge in [-0.25, -0.2) is 0 Å². The third kappa shape index (κ3) is 5.73. The minimum atomic E-state index is 0. The number of amides is 1. The SMILES string of the molecule is COCCN1CCC(NC(=O)C2CC3CCCCC3N2)CC1.Cl.Cl. The Morgan fingerprint density at radius 3 is 2.54 bits per heavy atom. The molecule has 3 rings (SSSR count). The molecule has 0 bridgehead atoms. The summed E-state index contributed by atoms with van der Waals surface area (Å²) >= 11 is 0. The van der Waals surface area contributed by atoms with Crippen LogP contribution in [0.4, 0.5) is 0 Å². The number of hydrogen-bond donors (Lipinski definition) is 2. The molecule has 0 radical (unpaired) electrons. The molecule has 7 heteroatoms. The number of rotatable bonds is 5. The first kappa shape index (κ1) is 22.0. The quantitative estimate of drug-likeness (QED) is 0.764. The number of nitrogens with one attached hydrogen (secondary N) is 2. The third-order valence-electron chi connectivity index (χ3n) is 5.72. The van der Waals surface area contributed by atoms with Crippen molar-refractivity contribution < 1.29 is 9.53 Å². The van der Waals surface area contributed by atoms with Crippen molar-refractivity contribution in [3.63, 3.8) is 0 Å². The van der Waals surface area contributed by atoms with Crippen molar-refractivity contribution in [3.8, 4) is 0 Å². The number of nitrogens with zero attached hydrogens (tertiary/aromatic N) is 1. The van der Waals surface area contributed by atoms with Crippen LogP contribution in [0.25, 0.3) is 0 Å². The fraction of sp³-hybridized carbons (Fsp3) is 0.941. The van der Waals surface area contributed by atoms with Crippen molar-refractivity contribution in [1.82, 2.24) is 15.5 Å². The molecule has 2 heterocycles. The number of carbonyl (C=O) groups is 1.